The van der Waals surface area contributed by atoms with Gasteiger partial charge in [-0.05, 0) is 24.1 Å². The Kier molecular flexibility index (Phi) is 4.87. The largest absolute Gasteiger partial charge is 0.309 e. The zero-order chi connectivity index (χ0) is 14.5. The van der Waals surface area contributed by atoms with Crippen LogP contribution in [0.5, 0.6) is 0 Å². The lowest BCUT2D eigenvalue weighted by atomic mass is 10.1. The Morgan fingerprint density at radius 2 is 1.90 bits per heavy atom. The lowest BCUT2D eigenvalue weighted by Gasteiger charge is -2.06. The summed E-state index contributed by atoms with van der Waals surface area (Å²) in [6.07, 6.45) is 0. The lowest BCUT2D eigenvalue weighted by Crippen LogP contribution is -2.12. The second kappa shape index (κ2) is 6.63. The van der Waals surface area contributed by atoms with E-state index in [1.807, 2.05) is 12.1 Å². The highest BCUT2D eigenvalue weighted by Crippen LogP contribution is 2.21. The molecule has 0 spiro atoms. The van der Waals surface area contributed by atoms with Gasteiger partial charge in [0.15, 0.2) is 0 Å². The highest BCUT2D eigenvalue weighted by molar-refractivity contribution is 9.10. The van der Waals surface area contributed by atoms with E-state index >= 15 is 0 Å². The van der Waals surface area contributed by atoms with Crippen LogP contribution in [0.15, 0.2) is 46.9 Å². The monoisotopic (exact) mass is 334 g/mol. The van der Waals surface area contributed by atoms with E-state index in [-0.39, 0.29) is 10.6 Å². The van der Waals surface area contributed by atoms with Gasteiger partial charge in [0.1, 0.15) is 0 Å². The van der Waals surface area contributed by atoms with Gasteiger partial charge >= 0.3 is 0 Å². The van der Waals surface area contributed by atoms with Crippen LogP contribution in [0.4, 0.5) is 5.69 Å². The van der Waals surface area contributed by atoms with E-state index in [2.05, 4.69) is 46.4 Å². The average Bonchev–Trinajstić information content (AvgIpc) is 2.38. The van der Waals surface area contributed by atoms with E-state index in [1.54, 1.807) is 6.07 Å². The summed E-state index contributed by atoms with van der Waals surface area (Å²) in [6.45, 7) is 3.39. The van der Waals surface area contributed by atoms with Crippen molar-refractivity contribution in [2.45, 2.75) is 20.0 Å². The van der Waals surface area contributed by atoms with Crippen LogP contribution < -0.4 is 5.32 Å². The molecule has 0 aliphatic heterocycles. The number of hydrogen-bond donors (Lipinski definition) is 1. The SMILES string of the molecule is Cc1cccc(CNCc2cc(Br)cc([N+](=O)[O-])c2)c1. The van der Waals surface area contributed by atoms with Gasteiger partial charge in [-0.25, -0.2) is 0 Å². The number of nitrogens with one attached hydrogen (secondary N) is 1. The molecule has 0 aliphatic carbocycles. The third-order valence-corrected chi connectivity index (χ3v) is 3.35. The van der Waals surface area contributed by atoms with E-state index in [9.17, 15) is 10.1 Å². The number of halogens is 1. The number of nitrogens with zero attached hydrogens (tertiary/aromatic N) is 1. The zero-order valence-electron chi connectivity index (χ0n) is 11.1. The summed E-state index contributed by atoms with van der Waals surface area (Å²) in [7, 11) is 0. The minimum atomic E-state index is -0.380. The fourth-order valence-electron chi connectivity index (χ4n) is 2.01. The van der Waals surface area contributed by atoms with E-state index in [0.717, 1.165) is 16.6 Å². The van der Waals surface area contributed by atoms with Crippen molar-refractivity contribution in [2.24, 2.45) is 0 Å². The van der Waals surface area contributed by atoms with Gasteiger partial charge in [0.05, 0.1) is 4.92 Å². The summed E-state index contributed by atoms with van der Waals surface area (Å²) >= 11 is 3.30. The molecule has 0 bridgehead atoms. The predicted molar refractivity (Wildman–Crippen MR) is 82.5 cm³/mol. The first-order valence-corrected chi connectivity index (χ1v) is 7.04. The maximum Gasteiger partial charge on any atom is 0.270 e. The van der Waals surface area contributed by atoms with Gasteiger partial charge in [-0.15, -0.1) is 0 Å². The molecule has 0 saturated heterocycles. The molecule has 0 amide bonds. The van der Waals surface area contributed by atoms with Crippen molar-refractivity contribution in [3.05, 3.63) is 73.7 Å². The molecular weight excluding hydrogens is 320 g/mol. The molecule has 0 atom stereocenters. The minimum absolute atomic E-state index is 0.103. The van der Waals surface area contributed by atoms with Crippen LogP contribution in [0.3, 0.4) is 0 Å². The fourth-order valence-corrected chi connectivity index (χ4v) is 2.54. The number of non-ortho nitro benzene ring substituents is 1. The van der Waals surface area contributed by atoms with Gasteiger partial charge in [-0.3, -0.25) is 10.1 Å². The molecule has 0 heterocycles. The summed E-state index contributed by atoms with van der Waals surface area (Å²) in [5.41, 5.74) is 3.42. The summed E-state index contributed by atoms with van der Waals surface area (Å²) in [5, 5.41) is 14.1. The van der Waals surface area contributed by atoms with Gasteiger partial charge in [-0.2, -0.15) is 0 Å². The summed E-state index contributed by atoms with van der Waals surface area (Å²) in [5.74, 6) is 0. The molecule has 0 aromatic heterocycles. The Bertz CT molecular complexity index is 629. The van der Waals surface area contributed by atoms with Crippen molar-refractivity contribution in [1.29, 1.82) is 0 Å². The minimum Gasteiger partial charge on any atom is -0.309 e. The van der Waals surface area contributed by atoms with Crippen LogP contribution in [0, 0.1) is 17.0 Å². The van der Waals surface area contributed by atoms with Crippen LogP contribution in [0.25, 0.3) is 0 Å². The molecule has 2 aromatic carbocycles. The molecule has 1 N–H and O–H groups in total. The van der Waals surface area contributed by atoms with Crippen LogP contribution in [0.2, 0.25) is 0 Å². The summed E-state index contributed by atoms with van der Waals surface area (Å²) in [4.78, 5) is 10.4. The maximum absolute atomic E-state index is 10.8. The third kappa shape index (κ3) is 4.15. The fraction of sp³-hybridized carbons (Fsp3) is 0.200. The number of nitro benzene ring substituents is 1. The van der Waals surface area contributed by atoms with Gasteiger partial charge in [-0.1, -0.05) is 45.8 Å². The van der Waals surface area contributed by atoms with Crippen LogP contribution in [-0.4, -0.2) is 4.92 Å². The average molecular weight is 335 g/mol. The van der Waals surface area contributed by atoms with E-state index < -0.39 is 0 Å². The standard InChI is InChI=1S/C15H15BrN2O2/c1-11-3-2-4-12(5-11)9-17-10-13-6-14(16)8-15(7-13)18(19)20/h2-8,17H,9-10H2,1H3. The van der Waals surface area contributed by atoms with Crippen molar-refractivity contribution >= 4 is 21.6 Å². The predicted octanol–water partition coefficient (Wildman–Crippen LogP) is 3.96. The number of rotatable bonds is 5. The molecule has 0 saturated carbocycles. The second-order valence-electron chi connectivity index (χ2n) is 4.67. The Morgan fingerprint density at radius 3 is 2.60 bits per heavy atom. The highest BCUT2D eigenvalue weighted by Gasteiger charge is 2.08. The Hall–Kier alpha value is -1.72. The number of hydrogen-bond acceptors (Lipinski definition) is 3. The first-order chi connectivity index (χ1) is 9.54. The molecular formula is C15H15BrN2O2. The molecule has 4 nitrogen and oxygen atoms in total. The van der Waals surface area contributed by atoms with Crippen molar-refractivity contribution in [2.75, 3.05) is 0 Å². The Morgan fingerprint density at radius 1 is 1.15 bits per heavy atom. The normalized spacial score (nSPS) is 10.5. The zero-order valence-corrected chi connectivity index (χ0v) is 12.7. The molecule has 20 heavy (non-hydrogen) atoms. The molecule has 0 fully saturated rings. The van der Waals surface area contributed by atoms with Crippen LogP contribution >= 0.6 is 15.9 Å². The smallest absolute Gasteiger partial charge is 0.270 e. The van der Waals surface area contributed by atoms with Gasteiger partial charge < -0.3 is 5.32 Å². The van der Waals surface area contributed by atoms with Crippen molar-refractivity contribution in [1.82, 2.24) is 5.32 Å². The molecule has 2 rings (SSSR count). The molecule has 0 radical (unpaired) electrons. The molecule has 0 unspecified atom stereocenters. The molecule has 2 aromatic rings. The van der Waals surface area contributed by atoms with Gasteiger partial charge in [0.2, 0.25) is 0 Å². The first-order valence-electron chi connectivity index (χ1n) is 6.25. The lowest BCUT2D eigenvalue weighted by molar-refractivity contribution is -0.385. The Labute approximate surface area is 126 Å². The molecule has 104 valence electrons. The molecule has 0 aliphatic rings. The Balaban J connectivity index is 1.99. The van der Waals surface area contributed by atoms with Gasteiger partial charge in [0, 0.05) is 29.7 Å². The van der Waals surface area contributed by atoms with E-state index in [4.69, 9.17) is 0 Å². The quantitative estimate of drug-likeness (QED) is 0.665. The topological polar surface area (TPSA) is 55.2 Å². The summed E-state index contributed by atoms with van der Waals surface area (Å²) < 4.78 is 0.721. The highest BCUT2D eigenvalue weighted by atomic mass is 79.9. The van der Waals surface area contributed by atoms with Crippen molar-refractivity contribution < 1.29 is 4.92 Å². The van der Waals surface area contributed by atoms with E-state index in [1.165, 1.54) is 17.2 Å². The first kappa shape index (κ1) is 14.7. The van der Waals surface area contributed by atoms with Gasteiger partial charge in [0.25, 0.3) is 5.69 Å². The number of nitro groups is 1. The summed E-state index contributed by atoms with van der Waals surface area (Å²) in [6, 6.07) is 13.2. The van der Waals surface area contributed by atoms with Crippen LogP contribution in [0.1, 0.15) is 16.7 Å². The van der Waals surface area contributed by atoms with Crippen molar-refractivity contribution in [3.63, 3.8) is 0 Å². The van der Waals surface area contributed by atoms with Crippen molar-refractivity contribution in [3.8, 4) is 0 Å². The molecule has 5 heteroatoms. The van der Waals surface area contributed by atoms with Crippen LogP contribution in [-0.2, 0) is 13.1 Å². The third-order valence-electron chi connectivity index (χ3n) is 2.89. The van der Waals surface area contributed by atoms with E-state index in [0.29, 0.717) is 6.54 Å². The number of benzene rings is 2. The number of aryl methyl sites for hydroxylation is 1. The maximum atomic E-state index is 10.8. The second-order valence-corrected chi connectivity index (χ2v) is 5.58.